The van der Waals surface area contributed by atoms with E-state index in [0.29, 0.717) is 37.4 Å². The molecule has 158 valence electrons. The summed E-state index contributed by atoms with van der Waals surface area (Å²) in [6, 6.07) is 0.739. The lowest BCUT2D eigenvalue weighted by molar-refractivity contribution is 0.00747. The number of sulfonamides is 1. The highest BCUT2D eigenvalue weighted by Crippen LogP contribution is 2.24. The maximum absolute atomic E-state index is 12.2. The zero-order valence-corrected chi connectivity index (χ0v) is 17.5. The van der Waals surface area contributed by atoms with Gasteiger partial charge in [0.1, 0.15) is 5.69 Å². The normalized spacial score (nSPS) is 20.5. The quantitative estimate of drug-likeness (QED) is 0.679. The van der Waals surface area contributed by atoms with Gasteiger partial charge in [0.15, 0.2) is 0 Å². The summed E-state index contributed by atoms with van der Waals surface area (Å²) in [5, 5.41) is 2.96. The number of nitrogens with one attached hydrogen (secondary N) is 1. The third-order valence-electron chi connectivity index (χ3n) is 5.61. The lowest BCUT2D eigenvalue weighted by atomic mass is 9.98. The number of hydrogen-bond acceptors (Lipinski definition) is 6. The van der Waals surface area contributed by atoms with Crippen LogP contribution in [-0.4, -0.2) is 90.8 Å². The highest BCUT2D eigenvalue weighted by molar-refractivity contribution is 7.88. The van der Waals surface area contributed by atoms with Crippen molar-refractivity contribution in [3.05, 3.63) is 18.2 Å². The number of amides is 1. The summed E-state index contributed by atoms with van der Waals surface area (Å²) in [4.78, 5) is 18.8. The van der Waals surface area contributed by atoms with E-state index in [1.807, 2.05) is 7.05 Å². The van der Waals surface area contributed by atoms with Gasteiger partial charge < -0.3 is 14.6 Å². The first-order chi connectivity index (χ1) is 13.3. The standard InChI is InChI=1S/C18H31N5O4S/c1-21-13-17(20-14-21)18(24)19-7-10-23(16-5-11-27-12-6-16)15-3-8-22(9-4-15)28(2,25)26/h13-16H,3-12H2,1-2H3,(H,19,24). The van der Waals surface area contributed by atoms with Crippen molar-refractivity contribution >= 4 is 15.9 Å². The van der Waals surface area contributed by atoms with Crippen LogP contribution in [-0.2, 0) is 21.8 Å². The molecule has 0 saturated carbocycles. The molecule has 1 amide bonds. The minimum absolute atomic E-state index is 0.167. The van der Waals surface area contributed by atoms with Crippen LogP contribution in [0.3, 0.4) is 0 Å². The number of nitrogens with zero attached hydrogens (tertiary/aromatic N) is 4. The third kappa shape index (κ3) is 5.53. The van der Waals surface area contributed by atoms with Gasteiger partial charge in [-0.15, -0.1) is 0 Å². The van der Waals surface area contributed by atoms with Crippen LogP contribution in [0.5, 0.6) is 0 Å². The second-order valence-corrected chi connectivity index (χ2v) is 9.64. The smallest absolute Gasteiger partial charge is 0.271 e. The van der Waals surface area contributed by atoms with Gasteiger partial charge in [0.2, 0.25) is 10.0 Å². The second kappa shape index (κ2) is 9.34. The minimum atomic E-state index is -3.13. The fraction of sp³-hybridized carbons (Fsp3) is 0.778. The van der Waals surface area contributed by atoms with Gasteiger partial charge in [0.05, 0.1) is 12.6 Å². The zero-order chi connectivity index (χ0) is 20.1. The molecule has 3 heterocycles. The van der Waals surface area contributed by atoms with Crippen molar-refractivity contribution in [3.8, 4) is 0 Å². The molecular weight excluding hydrogens is 382 g/mol. The third-order valence-corrected chi connectivity index (χ3v) is 6.92. The Morgan fingerprint density at radius 2 is 1.89 bits per heavy atom. The Morgan fingerprint density at radius 3 is 2.46 bits per heavy atom. The van der Waals surface area contributed by atoms with Crippen molar-refractivity contribution in [2.24, 2.45) is 7.05 Å². The lowest BCUT2D eigenvalue weighted by Crippen LogP contribution is -2.53. The number of carbonyl (C=O) groups is 1. The van der Waals surface area contributed by atoms with Crippen molar-refractivity contribution in [3.63, 3.8) is 0 Å². The van der Waals surface area contributed by atoms with E-state index in [4.69, 9.17) is 4.74 Å². The Bertz CT molecular complexity index is 752. The van der Waals surface area contributed by atoms with Crippen LogP contribution in [0.1, 0.15) is 36.2 Å². The van der Waals surface area contributed by atoms with Crippen molar-refractivity contribution in [1.29, 1.82) is 0 Å². The summed E-state index contributed by atoms with van der Waals surface area (Å²) >= 11 is 0. The predicted octanol–water partition coefficient (Wildman–Crippen LogP) is 0.0549. The maximum atomic E-state index is 12.2. The first kappa shape index (κ1) is 21.2. The van der Waals surface area contributed by atoms with Crippen molar-refractivity contribution in [1.82, 2.24) is 24.1 Å². The fourth-order valence-corrected chi connectivity index (χ4v) is 4.98. The molecule has 10 heteroatoms. The molecule has 3 rings (SSSR count). The van der Waals surface area contributed by atoms with Crippen LogP contribution < -0.4 is 5.32 Å². The molecule has 0 atom stereocenters. The van der Waals surface area contributed by atoms with Crippen LogP contribution in [0.2, 0.25) is 0 Å². The van der Waals surface area contributed by atoms with E-state index in [-0.39, 0.29) is 5.91 Å². The van der Waals surface area contributed by atoms with Gasteiger partial charge in [-0.3, -0.25) is 9.69 Å². The van der Waals surface area contributed by atoms with Crippen LogP contribution >= 0.6 is 0 Å². The number of piperidine rings is 1. The summed E-state index contributed by atoms with van der Waals surface area (Å²) < 4.78 is 32.4. The molecule has 0 aromatic carbocycles. The molecule has 1 aromatic rings. The van der Waals surface area contributed by atoms with E-state index in [0.717, 1.165) is 45.4 Å². The lowest BCUT2D eigenvalue weighted by Gasteiger charge is -2.43. The topological polar surface area (TPSA) is 96.8 Å². The van der Waals surface area contributed by atoms with Crippen LogP contribution in [0.15, 0.2) is 12.5 Å². The van der Waals surface area contributed by atoms with Crippen molar-refractivity contribution < 1.29 is 17.9 Å². The number of ether oxygens (including phenoxy) is 1. The molecule has 28 heavy (non-hydrogen) atoms. The number of aromatic nitrogens is 2. The molecule has 0 bridgehead atoms. The second-order valence-electron chi connectivity index (χ2n) is 7.65. The Hall–Kier alpha value is -1.49. The summed E-state index contributed by atoms with van der Waals surface area (Å²) in [6.45, 7) is 3.91. The molecule has 0 radical (unpaired) electrons. The Balaban J connectivity index is 1.57. The molecule has 9 nitrogen and oxygen atoms in total. The summed E-state index contributed by atoms with van der Waals surface area (Å²) in [5.41, 5.74) is 0.418. The number of carbonyl (C=O) groups excluding carboxylic acids is 1. The summed E-state index contributed by atoms with van der Waals surface area (Å²) in [6.07, 6.45) is 8.17. The van der Waals surface area contributed by atoms with Gasteiger partial charge in [0, 0.05) is 64.7 Å². The van der Waals surface area contributed by atoms with Gasteiger partial charge in [0.25, 0.3) is 5.91 Å². The van der Waals surface area contributed by atoms with E-state index in [1.54, 1.807) is 21.4 Å². The van der Waals surface area contributed by atoms with E-state index in [9.17, 15) is 13.2 Å². The minimum Gasteiger partial charge on any atom is -0.381 e. The first-order valence-corrected chi connectivity index (χ1v) is 11.7. The van der Waals surface area contributed by atoms with Crippen LogP contribution in [0.25, 0.3) is 0 Å². The predicted molar refractivity (Wildman–Crippen MR) is 106 cm³/mol. The van der Waals surface area contributed by atoms with E-state index in [2.05, 4.69) is 15.2 Å². The van der Waals surface area contributed by atoms with Crippen molar-refractivity contribution in [2.45, 2.75) is 37.8 Å². The maximum Gasteiger partial charge on any atom is 0.271 e. The highest BCUT2D eigenvalue weighted by atomic mass is 32.2. The van der Waals surface area contributed by atoms with Gasteiger partial charge in [-0.1, -0.05) is 0 Å². The monoisotopic (exact) mass is 413 g/mol. The zero-order valence-electron chi connectivity index (χ0n) is 16.7. The highest BCUT2D eigenvalue weighted by Gasteiger charge is 2.32. The molecule has 0 aliphatic carbocycles. The molecule has 1 N–H and O–H groups in total. The summed E-state index contributed by atoms with van der Waals surface area (Å²) in [5.74, 6) is -0.167. The molecule has 1 aromatic heterocycles. The van der Waals surface area contributed by atoms with Gasteiger partial charge in [-0.05, 0) is 25.7 Å². The Kier molecular flexibility index (Phi) is 7.08. The van der Waals surface area contributed by atoms with Crippen LogP contribution in [0, 0.1) is 0 Å². The first-order valence-electron chi connectivity index (χ1n) is 9.89. The fourth-order valence-electron chi connectivity index (χ4n) is 4.10. The number of hydrogen-bond donors (Lipinski definition) is 1. The van der Waals surface area contributed by atoms with Gasteiger partial charge >= 0.3 is 0 Å². The van der Waals surface area contributed by atoms with Crippen LogP contribution in [0.4, 0.5) is 0 Å². The molecule has 2 fully saturated rings. The average Bonchev–Trinajstić information content (AvgIpc) is 3.12. The Labute approximate surface area is 167 Å². The number of rotatable bonds is 7. The molecule has 2 aliphatic rings. The largest absolute Gasteiger partial charge is 0.381 e. The molecular formula is C18H31N5O4S. The SMILES string of the molecule is Cn1cnc(C(=O)NCCN(C2CCOCC2)C2CCN(S(C)(=O)=O)CC2)c1. The summed E-state index contributed by atoms with van der Waals surface area (Å²) in [7, 11) is -1.29. The molecule has 2 aliphatic heterocycles. The number of aryl methyl sites for hydroxylation is 1. The Morgan fingerprint density at radius 1 is 1.25 bits per heavy atom. The van der Waals surface area contributed by atoms with Gasteiger partial charge in [-0.25, -0.2) is 17.7 Å². The average molecular weight is 414 g/mol. The molecule has 0 spiro atoms. The van der Waals surface area contributed by atoms with Gasteiger partial charge in [-0.2, -0.15) is 0 Å². The number of imidazole rings is 1. The van der Waals surface area contributed by atoms with Crippen molar-refractivity contribution in [2.75, 3.05) is 45.6 Å². The van der Waals surface area contributed by atoms with E-state index < -0.39 is 10.0 Å². The van der Waals surface area contributed by atoms with E-state index in [1.165, 1.54) is 6.26 Å². The molecule has 2 saturated heterocycles. The van der Waals surface area contributed by atoms with E-state index >= 15 is 0 Å². The molecule has 0 unspecified atom stereocenters.